The number of pyridine rings is 1. The zero-order valence-electron chi connectivity index (χ0n) is 14.7. The number of carbonyl (C=O) groups excluding carboxylic acids is 1. The summed E-state index contributed by atoms with van der Waals surface area (Å²) in [5.41, 5.74) is 3.06. The lowest BCUT2D eigenvalue weighted by molar-refractivity contribution is 0.0745. The van der Waals surface area contributed by atoms with Gasteiger partial charge in [0, 0.05) is 35.1 Å². The van der Waals surface area contributed by atoms with Crippen molar-refractivity contribution in [1.29, 1.82) is 0 Å². The highest BCUT2D eigenvalue weighted by Gasteiger charge is 2.24. The molecule has 0 spiro atoms. The number of nitrogens with zero attached hydrogens (tertiary/aromatic N) is 3. The summed E-state index contributed by atoms with van der Waals surface area (Å²) in [6, 6.07) is 18.2. The van der Waals surface area contributed by atoms with Gasteiger partial charge in [0.1, 0.15) is 5.82 Å². The van der Waals surface area contributed by atoms with Gasteiger partial charge in [0.05, 0.1) is 11.1 Å². The summed E-state index contributed by atoms with van der Waals surface area (Å²) < 4.78 is 1.00. The molecule has 2 heterocycles. The molecule has 4 rings (SSSR count). The van der Waals surface area contributed by atoms with Gasteiger partial charge < -0.3 is 9.80 Å². The molecule has 1 fully saturated rings. The monoisotopic (exact) mass is 457 g/mol. The van der Waals surface area contributed by atoms with Gasteiger partial charge in [-0.05, 0) is 59.3 Å². The Kier molecular flexibility index (Phi) is 4.80. The number of amides is 1. The summed E-state index contributed by atoms with van der Waals surface area (Å²) >= 11 is 2.23. The zero-order valence-corrected chi connectivity index (χ0v) is 16.8. The van der Waals surface area contributed by atoms with Crippen LogP contribution in [0.4, 0.5) is 5.82 Å². The minimum Gasteiger partial charge on any atom is -0.353 e. The van der Waals surface area contributed by atoms with Gasteiger partial charge in [0.2, 0.25) is 0 Å². The van der Waals surface area contributed by atoms with Crippen LogP contribution in [-0.4, -0.2) is 42.0 Å². The largest absolute Gasteiger partial charge is 0.353 e. The molecule has 132 valence electrons. The molecule has 0 unspecified atom stereocenters. The van der Waals surface area contributed by atoms with Gasteiger partial charge in [-0.2, -0.15) is 0 Å². The van der Waals surface area contributed by atoms with Crippen molar-refractivity contribution in [3.63, 3.8) is 0 Å². The fourth-order valence-electron chi connectivity index (χ4n) is 3.44. The average Bonchev–Trinajstić information content (AvgIpc) is 2.68. The van der Waals surface area contributed by atoms with E-state index in [0.29, 0.717) is 0 Å². The zero-order chi connectivity index (χ0) is 18.1. The number of hydrogen-bond acceptors (Lipinski definition) is 3. The van der Waals surface area contributed by atoms with Crippen LogP contribution in [0.25, 0.3) is 10.9 Å². The number of aryl methyl sites for hydroxylation is 1. The summed E-state index contributed by atoms with van der Waals surface area (Å²) in [5, 5.41) is 1.20. The number of fused-ring (bicyclic) bond motifs is 1. The molecule has 1 aliphatic heterocycles. The van der Waals surface area contributed by atoms with Crippen LogP contribution in [0, 0.1) is 10.5 Å². The van der Waals surface area contributed by atoms with Crippen molar-refractivity contribution >= 4 is 45.2 Å². The molecular formula is C21H20IN3O. The van der Waals surface area contributed by atoms with E-state index >= 15 is 0 Å². The van der Waals surface area contributed by atoms with Gasteiger partial charge in [-0.3, -0.25) is 4.79 Å². The highest BCUT2D eigenvalue weighted by atomic mass is 127. The van der Waals surface area contributed by atoms with Crippen molar-refractivity contribution in [2.75, 3.05) is 31.1 Å². The third-order valence-corrected chi connectivity index (χ3v) is 5.85. The van der Waals surface area contributed by atoms with E-state index in [1.807, 2.05) is 41.3 Å². The first-order valence-electron chi connectivity index (χ1n) is 8.78. The number of benzene rings is 2. The van der Waals surface area contributed by atoms with Crippen LogP contribution in [0.5, 0.6) is 0 Å². The van der Waals surface area contributed by atoms with E-state index in [-0.39, 0.29) is 5.91 Å². The first-order valence-corrected chi connectivity index (χ1v) is 9.86. The second-order valence-electron chi connectivity index (χ2n) is 6.57. The summed E-state index contributed by atoms with van der Waals surface area (Å²) in [6.45, 7) is 5.18. The molecule has 1 saturated heterocycles. The van der Waals surface area contributed by atoms with Gasteiger partial charge in [0.25, 0.3) is 5.91 Å². The fourth-order valence-corrected chi connectivity index (χ4v) is 4.06. The first-order chi connectivity index (χ1) is 12.6. The number of halogens is 1. The summed E-state index contributed by atoms with van der Waals surface area (Å²) in [6.07, 6.45) is 0. The number of rotatable bonds is 2. The lowest BCUT2D eigenvalue weighted by atomic mass is 10.1. The molecule has 26 heavy (non-hydrogen) atoms. The number of piperazine rings is 1. The number of para-hydroxylation sites is 1. The molecule has 2 aromatic carbocycles. The maximum absolute atomic E-state index is 12.8. The Morgan fingerprint density at radius 1 is 1.00 bits per heavy atom. The molecule has 0 N–H and O–H groups in total. The lowest BCUT2D eigenvalue weighted by Crippen LogP contribution is -2.49. The molecule has 3 aromatic rings. The Bertz CT molecular complexity index is 964. The minimum atomic E-state index is 0.123. The molecule has 0 atom stereocenters. The van der Waals surface area contributed by atoms with E-state index in [1.165, 1.54) is 10.9 Å². The molecule has 4 nitrogen and oxygen atoms in total. The topological polar surface area (TPSA) is 36.4 Å². The van der Waals surface area contributed by atoms with Crippen LogP contribution in [0.3, 0.4) is 0 Å². The van der Waals surface area contributed by atoms with Crippen molar-refractivity contribution < 1.29 is 4.79 Å². The molecule has 5 heteroatoms. The van der Waals surface area contributed by atoms with Gasteiger partial charge in [-0.25, -0.2) is 4.98 Å². The van der Waals surface area contributed by atoms with Gasteiger partial charge in [-0.1, -0.05) is 30.3 Å². The molecule has 0 saturated carbocycles. The van der Waals surface area contributed by atoms with E-state index in [4.69, 9.17) is 4.98 Å². The number of anilines is 1. The standard InChI is InChI=1S/C21H20IN3O/c1-15-14-20(23-19-9-5-3-6-16(15)19)24-10-12-25(13-11-24)21(26)17-7-2-4-8-18(17)22/h2-9,14H,10-13H2,1H3. The highest BCUT2D eigenvalue weighted by molar-refractivity contribution is 14.1. The van der Waals surface area contributed by atoms with E-state index < -0.39 is 0 Å². The summed E-state index contributed by atoms with van der Waals surface area (Å²) in [4.78, 5) is 21.8. The highest BCUT2D eigenvalue weighted by Crippen LogP contribution is 2.23. The summed E-state index contributed by atoms with van der Waals surface area (Å²) in [7, 11) is 0. The Balaban J connectivity index is 1.50. The van der Waals surface area contributed by atoms with E-state index in [2.05, 4.69) is 52.6 Å². The normalized spacial score (nSPS) is 14.7. The molecule has 1 amide bonds. The molecular weight excluding hydrogens is 437 g/mol. The Hall–Kier alpha value is -2.15. The second kappa shape index (κ2) is 7.23. The van der Waals surface area contributed by atoms with E-state index in [9.17, 15) is 4.79 Å². The lowest BCUT2D eigenvalue weighted by Gasteiger charge is -2.35. The van der Waals surface area contributed by atoms with Crippen molar-refractivity contribution in [3.8, 4) is 0 Å². The fraction of sp³-hybridized carbons (Fsp3) is 0.238. The molecule has 1 aliphatic rings. The predicted molar refractivity (Wildman–Crippen MR) is 114 cm³/mol. The molecule has 0 bridgehead atoms. The van der Waals surface area contributed by atoms with Crippen LogP contribution in [0.15, 0.2) is 54.6 Å². The summed E-state index contributed by atoms with van der Waals surface area (Å²) in [5.74, 6) is 1.12. The quantitative estimate of drug-likeness (QED) is 0.544. The van der Waals surface area contributed by atoms with Gasteiger partial charge in [-0.15, -0.1) is 0 Å². The molecule has 1 aromatic heterocycles. The number of hydrogen-bond donors (Lipinski definition) is 0. The minimum absolute atomic E-state index is 0.123. The Morgan fingerprint density at radius 2 is 1.69 bits per heavy atom. The third-order valence-electron chi connectivity index (χ3n) is 4.90. The predicted octanol–water partition coefficient (Wildman–Crippen LogP) is 4.11. The van der Waals surface area contributed by atoms with Gasteiger partial charge in [0.15, 0.2) is 0 Å². The first kappa shape index (κ1) is 17.3. The SMILES string of the molecule is Cc1cc(N2CCN(C(=O)c3ccccc3I)CC2)nc2ccccc12. The Labute approximate surface area is 167 Å². The number of carbonyl (C=O) groups is 1. The van der Waals surface area contributed by atoms with Crippen molar-refractivity contribution in [2.45, 2.75) is 6.92 Å². The maximum Gasteiger partial charge on any atom is 0.255 e. The van der Waals surface area contributed by atoms with Crippen molar-refractivity contribution in [1.82, 2.24) is 9.88 Å². The van der Waals surface area contributed by atoms with Crippen LogP contribution < -0.4 is 4.90 Å². The Morgan fingerprint density at radius 3 is 2.46 bits per heavy atom. The van der Waals surface area contributed by atoms with Crippen LogP contribution in [0.1, 0.15) is 15.9 Å². The average molecular weight is 457 g/mol. The van der Waals surface area contributed by atoms with Crippen molar-refractivity contribution in [3.05, 3.63) is 69.3 Å². The van der Waals surface area contributed by atoms with E-state index in [1.54, 1.807) is 0 Å². The van der Waals surface area contributed by atoms with E-state index in [0.717, 1.165) is 46.6 Å². The number of aromatic nitrogens is 1. The van der Waals surface area contributed by atoms with Crippen LogP contribution >= 0.6 is 22.6 Å². The van der Waals surface area contributed by atoms with Crippen LogP contribution in [0.2, 0.25) is 0 Å². The molecule has 0 radical (unpaired) electrons. The van der Waals surface area contributed by atoms with Crippen LogP contribution in [-0.2, 0) is 0 Å². The van der Waals surface area contributed by atoms with Crippen molar-refractivity contribution in [2.24, 2.45) is 0 Å². The second-order valence-corrected chi connectivity index (χ2v) is 7.74. The van der Waals surface area contributed by atoms with Gasteiger partial charge >= 0.3 is 0 Å². The third kappa shape index (κ3) is 3.28. The smallest absolute Gasteiger partial charge is 0.255 e. The maximum atomic E-state index is 12.8. The molecule has 0 aliphatic carbocycles.